The molecule has 0 bridgehead atoms. The number of benzene rings is 1. The van der Waals surface area contributed by atoms with Crippen molar-refractivity contribution in [1.82, 2.24) is 9.97 Å². The molecule has 0 spiro atoms. The minimum atomic E-state index is 0.537. The fraction of sp³-hybridized carbons (Fsp3) is 0.333. The molecule has 0 aliphatic carbocycles. The first-order valence-corrected chi connectivity index (χ1v) is 5.68. The SMILES string of the molecule is COc1cc2nc(N(C)C)nc(NN)c2cc1OC. The summed E-state index contributed by atoms with van der Waals surface area (Å²) in [5, 5.41) is 0.769. The van der Waals surface area contributed by atoms with Crippen LogP contribution in [-0.2, 0) is 0 Å². The number of hydrogen-bond donors (Lipinski definition) is 2. The lowest BCUT2D eigenvalue weighted by atomic mass is 10.2. The minimum Gasteiger partial charge on any atom is -0.493 e. The standard InChI is InChI=1S/C12H17N5O2/c1-17(2)12-14-8-6-10(19-4)9(18-3)5-7(8)11(15-12)16-13/h5-6H,13H2,1-4H3,(H,14,15,16). The van der Waals surface area contributed by atoms with Crippen molar-refractivity contribution in [3.63, 3.8) is 0 Å². The lowest BCUT2D eigenvalue weighted by Crippen LogP contribution is -2.16. The van der Waals surface area contributed by atoms with Crippen molar-refractivity contribution < 1.29 is 9.47 Å². The van der Waals surface area contributed by atoms with Gasteiger partial charge in [-0.2, -0.15) is 4.98 Å². The van der Waals surface area contributed by atoms with Gasteiger partial charge in [0.15, 0.2) is 17.3 Å². The van der Waals surface area contributed by atoms with Crippen LogP contribution in [-0.4, -0.2) is 38.3 Å². The predicted octanol–water partition coefficient (Wildman–Crippen LogP) is 0.999. The van der Waals surface area contributed by atoms with Crippen LogP contribution >= 0.6 is 0 Å². The Labute approximate surface area is 111 Å². The van der Waals surface area contributed by atoms with Gasteiger partial charge in [-0.3, -0.25) is 0 Å². The van der Waals surface area contributed by atoms with Crippen LogP contribution in [0.25, 0.3) is 10.9 Å². The van der Waals surface area contributed by atoms with Gasteiger partial charge < -0.3 is 19.8 Å². The summed E-state index contributed by atoms with van der Waals surface area (Å²) in [4.78, 5) is 10.6. The molecule has 1 aromatic heterocycles. The van der Waals surface area contributed by atoms with Crippen molar-refractivity contribution in [1.29, 1.82) is 0 Å². The molecule has 1 aromatic carbocycles. The second-order valence-electron chi connectivity index (χ2n) is 4.14. The number of hydrogen-bond acceptors (Lipinski definition) is 7. The van der Waals surface area contributed by atoms with Gasteiger partial charge in [-0.15, -0.1) is 0 Å². The van der Waals surface area contributed by atoms with Crippen molar-refractivity contribution in [2.45, 2.75) is 0 Å². The molecule has 0 radical (unpaired) electrons. The predicted molar refractivity (Wildman–Crippen MR) is 74.8 cm³/mol. The maximum atomic E-state index is 5.52. The van der Waals surface area contributed by atoms with Gasteiger partial charge in [0.05, 0.1) is 19.7 Å². The Morgan fingerprint density at radius 2 is 1.74 bits per heavy atom. The largest absolute Gasteiger partial charge is 0.493 e. The first-order chi connectivity index (χ1) is 9.10. The number of nitrogens with zero attached hydrogens (tertiary/aromatic N) is 3. The number of anilines is 2. The number of ether oxygens (including phenoxy) is 2. The van der Waals surface area contributed by atoms with E-state index in [9.17, 15) is 0 Å². The van der Waals surface area contributed by atoms with Crippen LogP contribution in [0.5, 0.6) is 11.5 Å². The van der Waals surface area contributed by atoms with E-state index in [0.717, 1.165) is 10.9 Å². The first kappa shape index (κ1) is 13.2. The van der Waals surface area contributed by atoms with E-state index in [2.05, 4.69) is 15.4 Å². The van der Waals surface area contributed by atoms with E-state index in [4.69, 9.17) is 15.3 Å². The summed E-state index contributed by atoms with van der Waals surface area (Å²) in [6.45, 7) is 0. The van der Waals surface area contributed by atoms with Crippen LogP contribution in [0.3, 0.4) is 0 Å². The summed E-state index contributed by atoms with van der Waals surface area (Å²) in [6.07, 6.45) is 0. The number of methoxy groups -OCH3 is 2. The Hall–Kier alpha value is -2.28. The van der Waals surface area contributed by atoms with Gasteiger partial charge in [0.2, 0.25) is 5.95 Å². The zero-order valence-electron chi connectivity index (χ0n) is 11.4. The first-order valence-electron chi connectivity index (χ1n) is 5.68. The zero-order chi connectivity index (χ0) is 14.0. The molecule has 0 unspecified atom stereocenters. The Morgan fingerprint density at radius 1 is 1.11 bits per heavy atom. The Balaban J connectivity index is 2.75. The van der Waals surface area contributed by atoms with Crippen LogP contribution in [0, 0.1) is 0 Å². The highest BCUT2D eigenvalue weighted by Gasteiger charge is 2.13. The van der Waals surface area contributed by atoms with E-state index >= 15 is 0 Å². The van der Waals surface area contributed by atoms with Gasteiger partial charge in [0, 0.05) is 25.5 Å². The summed E-state index contributed by atoms with van der Waals surface area (Å²) >= 11 is 0. The molecule has 102 valence electrons. The van der Waals surface area contributed by atoms with E-state index in [0.29, 0.717) is 23.3 Å². The van der Waals surface area contributed by atoms with Crippen LogP contribution < -0.4 is 25.6 Å². The maximum Gasteiger partial charge on any atom is 0.227 e. The fourth-order valence-electron chi connectivity index (χ4n) is 1.75. The summed E-state index contributed by atoms with van der Waals surface area (Å²) in [7, 11) is 6.89. The van der Waals surface area contributed by atoms with E-state index in [1.807, 2.05) is 14.1 Å². The number of nitrogens with one attached hydrogen (secondary N) is 1. The Kier molecular flexibility index (Phi) is 3.57. The molecule has 2 rings (SSSR count). The topological polar surface area (TPSA) is 85.5 Å². The normalized spacial score (nSPS) is 10.4. The number of aromatic nitrogens is 2. The smallest absolute Gasteiger partial charge is 0.227 e. The summed E-state index contributed by atoms with van der Waals surface area (Å²) in [6, 6.07) is 3.59. The summed E-state index contributed by atoms with van der Waals surface area (Å²) in [5.74, 6) is 7.83. The average Bonchev–Trinajstić information content (AvgIpc) is 2.44. The molecule has 0 amide bonds. The van der Waals surface area contributed by atoms with Crippen molar-refractivity contribution in [3.05, 3.63) is 12.1 Å². The molecular formula is C12H17N5O2. The third-order valence-corrected chi connectivity index (χ3v) is 2.73. The maximum absolute atomic E-state index is 5.52. The number of nitrogens with two attached hydrogens (primary N) is 1. The molecule has 7 heteroatoms. The van der Waals surface area contributed by atoms with Crippen LogP contribution in [0.2, 0.25) is 0 Å². The van der Waals surface area contributed by atoms with Crippen molar-refractivity contribution in [2.75, 3.05) is 38.6 Å². The second kappa shape index (κ2) is 5.15. The van der Waals surface area contributed by atoms with E-state index in [1.54, 1.807) is 31.3 Å². The number of hydrazine groups is 1. The molecule has 2 aromatic rings. The van der Waals surface area contributed by atoms with Crippen LogP contribution in [0.1, 0.15) is 0 Å². The average molecular weight is 263 g/mol. The quantitative estimate of drug-likeness (QED) is 0.628. The molecule has 0 atom stereocenters. The van der Waals surface area contributed by atoms with Crippen LogP contribution in [0.15, 0.2) is 12.1 Å². The molecule has 0 aliphatic heterocycles. The molecule has 0 aliphatic rings. The highest BCUT2D eigenvalue weighted by molar-refractivity contribution is 5.92. The lowest BCUT2D eigenvalue weighted by Gasteiger charge is -2.15. The third kappa shape index (κ3) is 2.32. The van der Waals surface area contributed by atoms with E-state index in [-0.39, 0.29) is 0 Å². The summed E-state index contributed by atoms with van der Waals surface area (Å²) in [5.41, 5.74) is 3.31. The fourth-order valence-corrected chi connectivity index (χ4v) is 1.75. The van der Waals surface area contributed by atoms with Gasteiger partial charge in [-0.25, -0.2) is 10.8 Å². The molecule has 7 nitrogen and oxygen atoms in total. The third-order valence-electron chi connectivity index (χ3n) is 2.73. The minimum absolute atomic E-state index is 0.537. The number of nitrogen functional groups attached to an aromatic ring is 1. The number of rotatable bonds is 4. The number of fused-ring (bicyclic) bond motifs is 1. The van der Waals surface area contributed by atoms with Gasteiger partial charge in [-0.05, 0) is 6.07 Å². The van der Waals surface area contributed by atoms with Gasteiger partial charge in [0.1, 0.15) is 0 Å². The molecule has 0 fully saturated rings. The zero-order valence-corrected chi connectivity index (χ0v) is 11.4. The van der Waals surface area contributed by atoms with Gasteiger partial charge >= 0.3 is 0 Å². The molecular weight excluding hydrogens is 246 g/mol. The molecule has 19 heavy (non-hydrogen) atoms. The molecule has 3 N–H and O–H groups in total. The van der Waals surface area contributed by atoms with Gasteiger partial charge in [-0.1, -0.05) is 0 Å². The molecule has 0 saturated carbocycles. The lowest BCUT2D eigenvalue weighted by molar-refractivity contribution is 0.356. The van der Waals surface area contributed by atoms with E-state index < -0.39 is 0 Å². The molecule has 0 saturated heterocycles. The second-order valence-corrected chi connectivity index (χ2v) is 4.14. The Morgan fingerprint density at radius 3 is 2.26 bits per heavy atom. The highest BCUT2D eigenvalue weighted by Crippen LogP contribution is 2.34. The van der Waals surface area contributed by atoms with Crippen molar-refractivity contribution in [3.8, 4) is 11.5 Å². The Bertz CT molecular complexity index is 600. The monoisotopic (exact) mass is 263 g/mol. The van der Waals surface area contributed by atoms with Crippen molar-refractivity contribution in [2.24, 2.45) is 5.84 Å². The van der Waals surface area contributed by atoms with Crippen molar-refractivity contribution >= 4 is 22.7 Å². The van der Waals surface area contributed by atoms with Crippen LogP contribution in [0.4, 0.5) is 11.8 Å². The summed E-state index contributed by atoms with van der Waals surface area (Å²) < 4.78 is 10.5. The van der Waals surface area contributed by atoms with Gasteiger partial charge in [0.25, 0.3) is 0 Å². The molecule has 1 heterocycles. The van der Waals surface area contributed by atoms with E-state index in [1.165, 1.54) is 0 Å². The highest BCUT2D eigenvalue weighted by atomic mass is 16.5.